The second-order valence-corrected chi connectivity index (χ2v) is 8.74. The van der Waals surface area contributed by atoms with Gasteiger partial charge in [0.05, 0.1) is 32.1 Å². The Balaban J connectivity index is 0.00000612. The summed E-state index contributed by atoms with van der Waals surface area (Å²) in [6.07, 6.45) is 3.83. The Kier molecular flexibility index (Phi) is 12.2. The van der Waals surface area contributed by atoms with Gasteiger partial charge in [0.1, 0.15) is 0 Å². The maximum absolute atomic E-state index is 13.1. The molecule has 0 radical (unpaired) electrons. The molecule has 0 atom stereocenters. The van der Waals surface area contributed by atoms with E-state index in [1.54, 1.807) is 11.0 Å². The standard InChI is InChI=1S/C28H38N2O4.H2/c1-5-24-20-30(26-11-7-6-10-25(26)15-14-23(24)4)28(32)13-9-8-12-27(31)29-16-17-33-18-19-34-21-22(2)3;/h5-7,10-11,22H,1,8-9,12-13,16-21H2,2-4H3,(H,29,31);1H/b24-23-;. The fourth-order valence-corrected chi connectivity index (χ4v) is 3.46. The summed E-state index contributed by atoms with van der Waals surface area (Å²) in [5.74, 6) is 6.85. The summed E-state index contributed by atoms with van der Waals surface area (Å²) in [4.78, 5) is 26.9. The van der Waals surface area contributed by atoms with Crippen LogP contribution in [0.3, 0.4) is 0 Å². The van der Waals surface area contributed by atoms with Gasteiger partial charge in [0.25, 0.3) is 0 Å². The first-order valence-corrected chi connectivity index (χ1v) is 12.1. The van der Waals surface area contributed by atoms with Crippen LogP contribution < -0.4 is 10.2 Å². The number of hydrogen-bond donors (Lipinski definition) is 1. The SMILES string of the molecule is C=C/C1=C(\C)C#Cc2ccccc2N(C(=O)CCCCC(=O)NCCOCCOCC(C)C)C1.[HH]. The van der Waals surface area contributed by atoms with E-state index in [2.05, 4.69) is 37.6 Å². The molecule has 6 nitrogen and oxygen atoms in total. The van der Waals surface area contributed by atoms with Gasteiger partial charge in [-0.3, -0.25) is 9.59 Å². The number of anilines is 1. The van der Waals surface area contributed by atoms with E-state index in [0.717, 1.165) is 29.0 Å². The summed E-state index contributed by atoms with van der Waals surface area (Å²) >= 11 is 0. The van der Waals surface area contributed by atoms with Crippen molar-refractivity contribution in [1.82, 2.24) is 5.32 Å². The largest absolute Gasteiger partial charge is 0.379 e. The Morgan fingerprint density at radius 1 is 1.15 bits per heavy atom. The topological polar surface area (TPSA) is 67.9 Å². The van der Waals surface area contributed by atoms with Crippen LogP contribution in [0.2, 0.25) is 0 Å². The quantitative estimate of drug-likeness (QED) is 0.322. The minimum Gasteiger partial charge on any atom is -0.379 e. The number of nitrogens with zero attached hydrogens (tertiary/aromatic N) is 1. The van der Waals surface area contributed by atoms with Crippen molar-refractivity contribution in [2.45, 2.75) is 46.5 Å². The van der Waals surface area contributed by atoms with Crippen LogP contribution in [-0.2, 0) is 19.1 Å². The lowest BCUT2D eigenvalue weighted by Gasteiger charge is -2.26. The second-order valence-electron chi connectivity index (χ2n) is 8.74. The number of hydrogen-bond acceptors (Lipinski definition) is 4. The maximum Gasteiger partial charge on any atom is 0.227 e. The number of ether oxygens (including phenoxy) is 2. The lowest BCUT2D eigenvalue weighted by Crippen LogP contribution is -2.33. The van der Waals surface area contributed by atoms with Crippen LogP contribution in [0.15, 0.2) is 48.1 Å². The third-order valence-corrected chi connectivity index (χ3v) is 5.37. The van der Waals surface area contributed by atoms with Crippen molar-refractivity contribution >= 4 is 17.5 Å². The number of para-hydroxylation sites is 1. The molecule has 1 heterocycles. The Hall–Kier alpha value is -2.88. The smallest absolute Gasteiger partial charge is 0.227 e. The number of unbranched alkanes of at least 4 members (excludes halogenated alkanes) is 1. The van der Waals surface area contributed by atoms with Gasteiger partial charge < -0.3 is 19.7 Å². The first kappa shape index (κ1) is 27.4. The normalized spacial score (nSPS) is 15.1. The van der Waals surface area contributed by atoms with Crippen LogP contribution in [-0.4, -0.2) is 51.3 Å². The molecule has 1 aliphatic heterocycles. The van der Waals surface area contributed by atoms with E-state index in [0.29, 0.717) is 64.5 Å². The van der Waals surface area contributed by atoms with Crippen molar-refractivity contribution in [2.75, 3.05) is 44.4 Å². The van der Waals surface area contributed by atoms with E-state index in [1.165, 1.54) is 0 Å². The zero-order chi connectivity index (χ0) is 24.8. The summed E-state index contributed by atoms with van der Waals surface area (Å²) < 4.78 is 10.9. The highest BCUT2D eigenvalue weighted by Gasteiger charge is 2.20. The average molecular weight is 469 g/mol. The number of fused-ring (bicyclic) bond motifs is 1. The number of allylic oxidation sites excluding steroid dienone is 1. The van der Waals surface area contributed by atoms with E-state index in [1.807, 2.05) is 31.2 Å². The van der Waals surface area contributed by atoms with Gasteiger partial charge in [0, 0.05) is 38.6 Å². The molecule has 2 rings (SSSR count). The van der Waals surface area contributed by atoms with Crippen LogP contribution >= 0.6 is 0 Å². The van der Waals surface area contributed by atoms with Crippen LogP contribution in [0.4, 0.5) is 5.69 Å². The van der Waals surface area contributed by atoms with E-state index in [-0.39, 0.29) is 13.2 Å². The molecule has 0 aromatic heterocycles. The Bertz CT molecular complexity index is 930. The van der Waals surface area contributed by atoms with Gasteiger partial charge in [-0.05, 0) is 43.4 Å². The highest BCUT2D eigenvalue weighted by molar-refractivity contribution is 5.95. The Morgan fingerprint density at radius 3 is 2.65 bits per heavy atom. The molecule has 186 valence electrons. The third-order valence-electron chi connectivity index (χ3n) is 5.37. The van der Waals surface area contributed by atoms with Gasteiger partial charge in [-0.25, -0.2) is 0 Å². The van der Waals surface area contributed by atoms with Gasteiger partial charge in [-0.2, -0.15) is 0 Å². The molecule has 0 fully saturated rings. The van der Waals surface area contributed by atoms with Gasteiger partial charge in [0.15, 0.2) is 0 Å². The number of nitrogens with one attached hydrogen (secondary N) is 1. The van der Waals surface area contributed by atoms with E-state index >= 15 is 0 Å². The molecule has 0 bridgehead atoms. The number of carbonyl (C=O) groups excluding carboxylic acids is 2. The molecule has 0 saturated heterocycles. The third kappa shape index (κ3) is 9.54. The first-order valence-electron chi connectivity index (χ1n) is 12.1. The summed E-state index contributed by atoms with van der Waals surface area (Å²) in [6.45, 7) is 13.3. The van der Waals surface area contributed by atoms with Crippen LogP contribution in [0.5, 0.6) is 0 Å². The lowest BCUT2D eigenvalue weighted by atomic mass is 10.0. The van der Waals surface area contributed by atoms with Crippen molar-refractivity contribution in [3.63, 3.8) is 0 Å². The highest BCUT2D eigenvalue weighted by Crippen LogP contribution is 2.25. The molecular formula is C28H40N2O4. The van der Waals surface area contributed by atoms with E-state index < -0.39 is 0 Å². The number of carbonyl (C=O) groups is 2. The minimum absolute atomic E-state index is 0. The molecule has 0 aliphatic carbocycles. The molecule has 0 saturated carbocycles. The van der Waals surface area contributed by atoms with Crippen molar-refractivity contribution < 1.29 is 20.5 Å². The molecule has 1 aromatic rings. The summed E-state index contributed by atoms with van der Waals surface area (Å²) in [6, 6.07) is 7.70. The fourth-order valence-electron chi connectivity index (χ4n) is 3.46. The van der Waals surface area contributed by atoms with Crippen molar-refractivity contribution in [1.29, 1.82) is 0 Å². The molecule has 1 aliphatic rings. The molecule has 34 heavy (non-hydrogen) atoms. The zero-order valence-corrected chi connectivity index (χ0v) is 20.8. The number of amides is 2. The predicted octanol–water partition coefficient (Wildman–Crippen LogP) is 4.50. The summed E-state index contributed by atoms with van der Waals surface area (Å²) in [5.41, 5.74) is 3.53. The van der Waals surface area contributed by atoms with Crippen LogP contribution in [0.25, 0.3) is 0 Å². The molecule has 2 amide bonds. The van der Waals surface area contributed by atoms with Crippen molar-refractivity contribution in [3.8, 4) is 11.8 Å². The van der Waals surface area contributed by atoms with Crippen LogP contribution in [0.1, 0.15) is 53.4 Å². The average Bonchev–Trinajstić information content (AvgIpc) is 2.81. The van der Waals surface area contributed by atoms with E-state index in [9.17, 15) is 9.59 Å². The lowest BCUT2D eigenvalue weighted by molar-refractivity contribution is -0.122. The summed E-state index contributed by atoms with van der Waals surface area (Å²) in [7, 11) is 0. The van der Waals surface area contributed by atoms with Gasteiger partial charge >= 0.3 is 0 Å². The van der Waals surface area contributed by atoms with Gasteiger partial charge in [0.2, 0.25) is 11.8 Å². The molecule has 0 spiro atoms. The second kappa shape index (κ2) is 15.1. The van der Waals surface area contributed by atoms with E-state index in [4.69, 9.17) is 9.47 Å². The monoisotopic (exact) mass is 468 g/mol. The van der Waals surface area contributed by atoms with Crippen LogP contribution in [0, 0.1) is 17.8 Å². The Morgan fingerprint density at radius 2 is 1.88 bits per heavy atom. The predicted molar refractivity (Wildman–Crippen MR) is 139 cm³/mol. The van der Waals surface area contributed by atoms with Crippen molar-refractivity contribution in [2.24, 2.45) is 5.92 Å². The molecule has 1 N–H and O–H groups in total. The minimum atomic E-state index is -0.0218. The maximum atomic E-state index is 13.1. The fraction of sp³-hybridized carbons (Fsp3) is 0.500. The van der Waals surface area contributed by atoms with Crippen molar-refractivity contribution in [3.05, 3.63) is 53.6 Å². The number of benzene rings is 1. The Labute approximate surface area is 205 Å². The zero-order valence-electron chi connectivity index (χ0n) is 20.8. The molecular weight excluding hydrogens is 428 g/mol. The molecule has 6 heteroatoms. The van der Waals surface area contributed by atoms with Gasteiger partial charge in [-0.1, -0.05) is 50.5 Å². The summed E-state index contributed by atoms with van der Waals surface area (Å²) in [5, 5.41) is 2.86. The molecule has 0 unspecified atom stereocenters. The first-order chi connectivity index (χ1) is 16.4. The highest BCUT2D eigenvalue weighted by atomic mass is 16.5. The number of rotatable bonds is 14. The van der Waals surface area contributed by atoms with Gasteiger partial charge in [-0.15, -0.1) is 0 Å². The molecule has 1 aromatic carbocycles.